The quantitative estimate of drug-likeness (QED) is 0.442. The van der Waals surface area contributed by atoms with Crippen molar-refractivity contribution in [2.24, 2.45) is 5.92 Å². The summed E-state index contributed by atoms with van der Waals surface area (Å²) in [6, 6.07) is 0. The minimum absolute atomic E-state index is 0.233. The van der Waals surface area contributed by atoms with Gasteiger partial charge in [-0.25, -0.2) is 0 Å². The molecule has 2 nitrogen and oxygen atoms in total. The maximum Gasteiger partial charge on any atom is 0.185 e. The van der Waals surface area contributed by atoms with Crippen LogP contribution in [0.5, 0.6) is 0 Å². The number of ether oxygens (including phenoxy) is 1. The largest absolute Gasteiger partial charge is 0.476 e. The van der Waals surface area contributed by atoms with Crippen molar-refractivity contribution in [3.63, 3.8) is 0 Å². The summed E-state index contributed by atoms with van der Waals surface area (Å²) in [5.74, 6) is 0.488. The molecule has 48 valence electrons. The SMILES string of the molecule is CC(C)C=COCO. The third kappa shape index (κ3) is 5.50. The fourth-order valence-electron chi connectivity index (χ4n) is 0.256. The van der Waals surface area contributed by atoms with Gasteiger partial charge in [-0.15, -0.1) is 0 Å². The van der Waals surface area contributed by atoms with E-state index in [0.717, 1.165) is 0 Å². The molecule has 0 aliphatic carbocycles. The Labute approximate surface area is 49.8 Å². The molecule has 0 aromatic carbocycles. The molecule has 0 spiro atoms. The van der Waals surface area contributed by atoms with Crippen LogP contribution < -0.4 is 0 Å². The summed E-state index contributed by atoms with van der Waals surface area (Å²) in [6.07, 6.45) is 3.38. The Morgan fingerprint density at radius 1 is 1.62 bits per heavy atom. The molecule has 0 radical (unpaired) electrons. The highest BCUT2D eigenvalue weighted by Crippen LogP contribution is 1.92. The van der Waals surface area contributed by atoms with Crippen molar-refractivity contribution in [3.05, 3.63) is 12.3 Å². The van der Waals surface area contributed by atoms with Crippen molar-refractivity contribution < 1.29 is 9.84 Å². The molecule has 0 bridgehead atoms. The summed E-state index contributed by atoms with van der Waals surface area (Å²) in [6.45, 7) is 3.84. The first kappa shape index (κ1) is 7.50. The summed E-state index contributed by atoms with van der Waals surface area (Å²) in [5.41, 5.74) is 0. The van der Waals surface area contributed by atoms with E-state index in [-0.39, 0.29) is 6.79 Å². The highest BCUT2D eigenvalue weighted by molar-refractivity contribution is 4.76. The standard InChI is InChI=1S/C6H12O2/c1-6(2)3-4-8-5-7/h3-4,6-7H,5H2,1-2H3. The Bertz CT molecular complexity index is 66.9. The van der Waals surface area contributed by atoms with E-state index in [4.69, 9.17) is 5.11 Å². The lowest BCUT2D eigenvalue weighted by atomic mass is 10.2. The van der Waals surface area contributed by atoms with Crippen LogP contribution in [-0.4, -0.2) is 11.9 Å². The summed E-state index contributed by atoms with van der Waals surface area (Å²) in [7, 11) is 0. The van der Waals surface area contributed by atoms with E-state index in [1.807, 2.05) is 19.9 Å². The fourth-order valence-corrected chi connectivity index (χ4v) is 0.256. The Morgan fingerprint density at radius 2 is 2.25 bits per heavy atom. The minimum Gasteiger partial charge on any atom is -0.476 e. The van der Waals surface area contributed by atoms with Gasteiger partial charge in [-0.1, -0.05) is 13.8 Å². The predicted octanol–water partition coefficient (Wildman–Crippen LogP) is 1.12. The topological polar surface area (TPSA) is 29.5 Å². The average Bonchev–Trinajstić information content (AvgIpc) is 1.66. The number of allylic oxidation sites excluding steroid dienone is 1. The second-order valence-corrected chi connectivity index (χ2v) is 1.87. The molecule has 1 N–H and O–H groups in total. The number of aliphatic hydroxyl groups is 1. The van der Waals surface area contributed by atoms with Crippen molar-refractivity contribution in [3.8, 4) is 0 Å². The fraction of sp³-hybridized carbons (Fsp3) is 0.667. The van der Waals surface area contributed by atoms with Gasteiger partial charge in [0.25, 0.3) is 0 Å². The van der Waals surface area contributed by atoms with E-state index < -0.39 is 0 Å². The zero-order chi connectivity index (χ0) is 6.41. The summed E-state index contributed by atoms with van der Waals surface area (Å²) in [4.78, 5) is 0. The van der Waals surface area contributed by atoms with E-state index in [0.29, 0.717) is 5.92 Å². The third-order valence-electron chi connectivity index (χ3n) is 0.634. The lowest BCUT2D eigenvalue weighted by molar-refractivity contribution is 0.0596. The maximum atomic E-state index is 8.11. The van der Waals surface area contributed by atoms with Gasteiger partial charge in [-0.2, -0.15) is 0 Å². The summed E-state index contributed by atoms with van der Waals surface area (Å²) in [5, 5.41) is 8.11. The number of rotatable bonds is 3. The predicted molar refractivity (Wildman–Crippen MR) is 32.1 cm³/mol. The maximum absolute atomic E-state index is 8.11. The molecule has 0 aromatic heterocycles. The van der Waals surface area contributed by atoms with E-state index in [1.165, 1.54) is 6.26 Å². The number of aliphatic hydroxyl groups excluding tert-OH is 1. The molecule has 0 aliphatic rings. The van der Waals surface area contributed by atoms with E-state index in [2.05, 4.69) is 4.74 Å². The Hall–Kier alpha value is -0.500. The molecule has 0 atom stereocenters. The van der Waals surface area contributed by atoms with Crippen molar-refractivity contribution >= 4 is 0 Å². The highest BCUT2D eigenvalue weighted by atomic mass is 16.6. The Balaban J connectivity index is 3.07. The molecule has 0 unspecified atom stereocenters. The van der Waals surface area contributed by atoms with Crippen LogP contribution in [0.25, 0.3) is 0 Å². The normalized spacial score (nSPS) is 11.0. The van der Waals surface area contributed by atoms with Crippen LogP contribution in [0, 0.1) is 5.92 Å². The van der Waals surface area contributed by atoms with Gasteiger partial charge in [0.1, 0.15) is 0 Å². The van der Waals surface area contributed by atoms with Crippen LogP contribution in [0.2, 0.25) is 0 Å². The molecule has 0 fully saturated rings. The summed E-state index contributed by atoms with van der Waals surface area (Å²) >= 11 is 0. The molecule has 0 amide bonds. The molecule has 8 heavy (non-hydrogen) atoms. The van der Waals surface area contributed by atoms with Crippen LogP contribution in [0.3, 0.4) is 0 Å². The van der Waals surface area contributed by atoms with Crippen LogP contribution >= 0.6 is 0 Å². The van der Waals surface area contributed by atoms with Crippen molar-refractivity contribution in [1.29, 1.82) is 0 Å². The number of hydrogen-bond acceptors (Lipinski definition) is 2. The molecule has 0 saturated carbocycles. The Morgan fingerprint density at radius 3 is 2.62 bits per heavy atom. The van der Waals surface area contributed by atoms with Gasteiger partial charge in [0, 0.05) is 0 Å². The lowest BCUT2D eigenvalue weighted by Crippen LogP contribution is -1.83. The van der Waals surface area contributed by atoms with Gasteiger partial charge in [0.05, 0.1) is 6.26 Å². The van der Waals surface area contributed by atoms with E-state index in [1.54, 1.807) is 0 Å². The first-order valence-corrected chi connectivity index (χ1v) is 2.66. The Kier molecular flexibility index (Phi) is 4.36. The summed E-state index contributed by atoms with van der Waals surface area (Å²) < 4.78 is 4.52. The molecular weight excluding hydrogens is 104 g/mol. The van der Waals surface area contributed by atoms with Crippen LogP contribution in [-0.2, 0) is 4.74 Å². The van der Waals surface area contributed by atoms with Gasteiger partial charge in [0.2, 0.25) is 0 Å². The molecule has 0 rings (SSSR count). The van der Waals surface area contributed by atoms with E-state index >= 15 is 0 Å². The molecule has 0 saturated heterocycles. The van der Waals surface area contributed by atoms with Crippen molar-refractivity contribution in [1.82, 2.24) is 0 Å². The second kappa shape index (κ2) is 4.65. The molecular formula is C6H12O2. The van der Waals surface area contributed by atoms with Gasteiger partial charge in [-0.05, 0) is 12.0 Å². The zero-order valence-electron chi connectivity index (χ0n) is 5.29. The average molecular weight is 116 g/mol. The highest BCUT2D eigenvalue weighted by Gasteiger charge is 1.80. The second-order valence-electron chi connectivity index (χ2n) is 1.87. The molecule has 2 heteroatoms. The monoisotopic (exact) mass is 116 g/mol. The first-order valence-electron chi connectivity index (χ1n) is 2.66. The zero-order valence-corrected chi connectivity index (χ0v) is 5.29. The molecule has 0 aliphatic heterocycles. The lowest BCUT2D eigenvalue weighted by Gasteiger charge is -1.93. The van der Waals surface area contributed by atoms with Gasteiger partial charge < -0.3 is 9.84 Å². The van der Waals surface area contributed by atoms with E-state index in [9.17, 15) is 0 Å². The number of hydrogen-bond donors (Lipinski definition) is 1. The molecule has 0 heterocycles. The van der Waals surface area contributed by atoms with Crippen LogP contribution in [0.4, 0.5) is 0 Å². The van der Waals surface area contributed by atoms with Gasteiger partial charge in [-0.3, -0.25) is 0 Å². The first-order chi connectivity index (χ1) is 3.77. The third-order valence-corrected chi connectivity index (χ3v) is 0.634. The van der Waals surface area contributed by atoms with Crippen molar-refractivity contribution in [2.75, 3.05) is 6.79 Å². The van der Waals surface area contributed by atoms with Gasteiger partial charge >= 0.3 is 0 Å². The van der Waals surface area contributed by atoms with Crippen molar-refractivity contribution in [2.45, 2.75) is 13.8 Å². The van der Waals surface area contributed by atoms with Crippen LogP contribution in [0.15, 0.2) is 12.3 Å². The minimum atomic E-state index is -0.233. The molecule has 0 aromatic rings. The van der Waals surface area contributed by atoms with Crippen LogP contribution in [0.1, 0.15) is 13.8 Å². The smallest absolute Gasteiger partial charge is 0.185 e. The van der Waals surface area contributed by atoms with Gasteiger partial charge in [0.15, 0.2) is 6.79 Å².